The van der Waals surface area contributed by atoms with Crippen molar-refractivity contribution in [1.82, 2.24) is 15.0 Å². The molecule has 0 atom stereocenters. The zero-order valence-electron chi connectivity index (χ0n) is 14.1. The number of aryl methyl sites for hydroxylation is 1. The lowest BCUT2D eigenvalue weighted by Crippen LogP contribution is -2.11. The molecule has 2 heterocycles. The molecule has 4 nitrogen and oxygen atoms in total. The van der Waals surface area contributed by atoms with E-state index in [1.807, 2.05) is 0 Å². The smallest absolute Gasteiger partial charge is 0.365 e. The van der Waals surface area contributed by atoms with Gasteiger partial charge >= 0.3 is 6.18 Å². The number of nitrogens with zero attached hydrogens (tertiary/aromatic N) is 3. The second-order valence-electron chi connectivity index (χ2n) is 5.78. The average Bonchev–Trinajstić information content (AvgIpc) is 2.59. The summed E-state index contributed by atoms with van der Waals surface area (Å²) >= 11 is 2.83. The lowest BCUT2D eigenvalue weighted by Gasteiger charge is -2.13. The van der Waals surface area contributed by atoms with Gasteiger partial charge < -0.3 is 5.32 Å². The predicted molar refractivity (Wildman–Crippen MR) is 93.5 cm³/mol. The van der Waals surface area contributed by atoms with Crippen molar-refractivity contribution in [1.29, 1.82) is 0 Å². The van der Waals surface area contributed by atoms with Gasteiger partial charge in [0, 0.05) is 16.6 Å². The van der Waals surface area contributed by atoms with Crippen LogP contribution in [0.4, 0.5) is 32.2 Å². The van der Waals surface area contributed by atoms with E-state index < -0.39 is 29.7 Å². The summed E-state index contributed by atoms with van der Waals surface area (Å²) in [5, 5.41) is 2.92. The molecule has 0 aliphatic rings. The number of nitrogens with one attached hydrogen (secondary N) is 1. The van der Waals surface area contributed by atoms with Crippen molar-refractivity contribution >= 4 is 32.8 Å². The summed E-state index contributed by atoms with van der Waals surface area (Å²) in [5.41, 5.74) is -2.12. The minimum atomic E-state index is -4.68. The molecule has 3 rings (SSSR count). The minimum absolute atomic E-state index is 0.0406. The second-order valence-corrected chi connectivity index (χ2v) is 6.64. The van der Waals surface area contributed by atoms with E-state index in [4.69, 9.17) is 0 Å². The number of rotatable bonds is 4. The van der Waals surface area contributed by atoms with Crippen LogP contribution in [0.2, 0.25) is 0 Å². The first kappa shape index (κ1) is 20.3. The van der Waals surface area contributed by atoms with Gasteiger partial charge in [0.15, 0.2) is 11.3 Å². The van der Waals surface area contributed by atoms with Crippen LogP contribution in [0.1, 0.15) is 29.1 Å². The molecular weight excluding hydrogens is 454 g/mol. The largest absolute Gasteiger partial charge is 0.434 e. The number of halogens is 7. The van der Waals surface area contributed by atoms with E-state index in [-0.39, 0.29) is 39.3 Å². The Bertz CT molecular complexity index is 1040. The van der Waals surface area contributed by atoms with E-state index in [2.05, 4.69) is 36.2 Å². The molecule has 0 saturated heterocycles. The molecule has 148 valence electrons. The fourth-order valence-electron chi connectivity index (χ4n) is 2.56. The van der Waals surface area contributed by atoms with Gasteiger partial charge in [-0.2, -0.15) is 13.2 Å². The van der Waals surface area contributed by atoms with Crippen molar-refractivity contribution in [2.24, 2.45) is 0 Å². The standard InChI is InChI=1S/C17H11BrF6N4/c1-7-26-15(25-6-8-3-2-4-9(12(8)19)14(20)21)10-5-11(18)13(17(22,23)24)28-16(10)27-7/h2-5,14H,6H2,1H3,(H,25,26,27,28). The molecule has 0 aliphatic carbocycles. The van der Waals surface area contributed by atoms with Crippen LogP contribution in [0.5, 0.6) is 0 Å². The number of anilines is 1. The Morgan fingerprint density at radius 1 is 1.14 bits per heavy atom. The van der Waals surface area contributed by atoms with Crippen LogP contribution in [-0.4, -0.2) is 15.0 Å². The number of pyridine rings is 1. The summed E-state index contributed by atoms with van der Waals surface area (Å²) < 4.78 is 78.6. The van der Waals surface area contributed by atoms with E-state index >= 15 is 0 Å². The summed E-state index contributed by atoms with van der Waals surface area (Å²) in [6.45, 7) is 1.25. The molecule has 2 aromatic heterocycles. The summed E-state index contributed by atoms with van der Waals surface area (Å²) in [5.74, 6) is -0.815. The molecule has 0 amide bonds. The SMILES string of the molecule is Cc1nc(NCc2cccc(C(F)F)c2F)c2cc(Br)c(C(F)(F)F)nc2n1. The highest BCUT2D eigenvalue weighted by molar-refractivity contribution is 9.10. The topological polar surface area (TPSA) is 50.7 Å². The van der Waals surface area contributed by atoms with Crippen LogP contribution in [0.15, 0.2) is 28.7 Å². The van der Waals surface area contributed by atoms with Crippen molar-refractivity contribution in [3.8, 4) is 0 Å². The van der Waals surface area contributed by atoms with Crippen LogP contribution >= 0.6 is 15.9 Å². The summed E-state index contributed by atoms with van der Waals surface area (Å²) in [6.07, 6.45) is -7.65. The molecule has 0 spiro atoms. The van der Waals surface area contributed by atoms with Gasteiger partial charge in [-0.25, -0.2) is 28.1 Å². The Balaban J connectivity index is 2.00. The van der Waals surface area contributed by atoms with Crippen LogP contribution < -0.4 is 5.32 Å². The first-order chi connectivity index (χ1) is 13.1. The third kappa shape index (κ3) is 4.03. The van der Waals surface area contributed by atoms with Gasteiger partial charge in [-0.1, -0.05) is 18.2 Å². The van der Waals surface area contributed by atoms with Crippen molar-refractivity contribution in [3.63, 3.8) is 0 Å². The van der Waals surface area contributed by atoms with Crippen LogP contribution in [-0.2, 0) is 12.7 Å². The van der Waals surface area contributed by atoms with Gasteiger partial charge in [-0.3, -0.25) is 0 Å². The normalized spacial score (nSPS) is 12.0. The van der Waals surface area contributed by atoms with E-state index in [0.717, 1.165) is 12.1 Å². The molecule has 0 fully saturated rings. The minimum Gasteiger partial charge on any atom is -0.365 e. The quantitative estimate of drug-likeness (QED) is 0.495. The third-order valence-corrected chi connectivity index (χ3v) is 4.42. The van der Waals surface area contributed by atoms with E-state index in [0.29, 0.717) is 0 Å². The predicted octanol–water partition coefficient (Wildman–Crippen LogP) is 5.80. The molecule has 3 aromatic rings. The van der Waals surface area contributed by atoms with Crippen LogP contribution in [0.25, 0.3) is 11.0 Å². The molecule has 1 aromatic carbocycles. The Kier molecular flexibility index (Phi) is 5.46. The monoisotopic (exact) mass is 464 g/mol. The van der Waals surface area contributed by atoms with Crippen molar-refractivity contribution in [3.05, 3.63) is 57.2 Å². The second kappa shape index (κ2) is 7.53. The summed E-state index contributed by atoms with van der Waals surface area (Å²) in [6, 6.07) is 4.74. The lowest BCUT2D eigenvalue weighted by molar-refractivity contribution is -0.141. The average molecular weight is 465 g/mol. The van der Waals surface area contributed by atoms with Gasteiger partial charge in [0.25, 0.3) is 6.43 Å². The highest BCUT2D eigenvalue weighted by Crippen LogP contribution is 2.36. The Labute approximate surface area is 163 Å². The highest BCUT2D eigenvalue weighted by Gasteiger charge is 2.35. The van der Waals surface area contributed by atoms with Gasteiger partial charge in [0.1, 0.15) is 17.5 Å². The number of fused-ring (bicyclic) bond motifs is 1. The number of hydrogen-bond acceptors (Lipinski definition) is 4. The number of aromatic nitrogens is 3. The fourth-order valence-corrected chi connectivity index (χ4v) is 3.10. The summed E-state index contributed by atoms with van der Waals surface area (Å²) in [4.78, 5) is 11.5. The van der Waals surface area contributed by atoms with Gasteiger partial charge in [-0.05, 0) is 28.9 Å². The van der Waals surface area contributed by atoms with Crippen molar-refractivity contribution in [2.45, 2.75) is 26.1 Å². The zero-order chi connectivity index (χ0) is 20.6. The lowest BCUT2D eigenvalue weighted by atomic mass is 10.1. The molecule has 1 N–H and O–H groups in total. The maximum absolute atomic E-state index is 14.2. The molecule has 0 saturated carbocycles. The zero-order valence-corrected chi connectivity index (χ0v) is 15.7. The molecule has 0 aliphatic heterocycles. The Morgan fingerprint density at radius 3 is 2.50 bits per heavy atom. The molecule has 28 heavy (non-hydrogen) atoms. The molecule has 0 bridgehead atoms. The Morgan fingerprint density at radius 2 is 1.86 bits per heavy atom. The van der Waals surface area contributed by atoms with Gasteiger partial charge in [0.05, 0.1) is 10.9 Å². The number of benzene rings is 1. The first-order valence-corrected chi connectivity index (χ1v) is 8.58. The van der Waals surface area contributed by atoms with Crippen molar-refractivity contribution in [2.75, 3.05) is 5.32 Å². The van der Waals surface area contributed by atoms with E-state index in [9.17, 15) is 26.3 Å². The highest BCUT2D eigenvalue weighted by atomic mass is 79.9. The molecule has 0 unspecified atom stereocenters. The maximum Gasteiger partial charge on any atom is 0.434 e. The molecule has 0 radical (unpaired) electrons. The Hall–Kier alpha value is -2.43. The molecule has 11 heteroatoms. The summed E-state index contributed by atoms with van der Waals surface area (Å²) in [7, 11) is 0. The van der Waals surface area contributed by atoms with E-state index in [1.165, 1.54) is 19.1 Å². The van der Waals surface area contributed by atoms with Gasteiger partial charge in [-0.15, -0.1) is 0 Å². The maximum atomic E-state index is 14.2. The number of hydrogen-bond donors (Lipinski definition) is 1. The van der Waals surface area contributed by atoms with Crippen LogP contribution in [0.3, 0.4) is 0 Å². The van der Waals surface area contributed by atoms with Gasteiger partial charge in [0.2, 0.25) is 0 Å². The number of alkyl halides is 5. The molecular formula is C17H11BrF6N4. The van der Waals surface area contributed by atoms with Crippen molar-refractivity contribution < 1.29 is 26.3 Å². The van der Waals surface area contributed by atoms with E-state index in [1.54, 1.807) is 0 Å². The third-order valence-electron chi connectivity index (χ3n) is 3.81. The van der Waals surface area contributed by atoms with Crippen LogP contribution in [0, 0.1) is 12.7 Å². The first-order valence-electron chi connectivity index (χ1n) is 7.79. The fraction of sp³-hybridized carbons (Fsp3) is 0.235.